The number of phenols is 1. The van der Waals surface area contributed by atoms with Gasteiger partial charge in [0.15, 0.2) is 5.75 Å². The van der Waals surface area contributed by atoms with Crippen LogP contribution in [0.1, 0.15) is 73.2 Å². The molecule has 1 aliphatic carbocycles. The van der Waals surface area contributed by atoms with Crippen LogP contribution >= 0.6 is 0 Å². The SMILES string of the molecule is CC[C@@H](Nc1c(Nc2cccc(C(=O)N(C)C3CCCCC3)c2O)c(=O)c1=O)c1cc(C)co1. The highest BCUT2D eigenvalue weighted by Gasteiger charge is 2.28. The number of aryl methyl sites for hydroxylation is 1. The summed E-state index contributed by atoms with van der Waals surface area (Å²) in [7, 11) is 1.76. The number of carbonyl (C=O) groups is 1. The van der Waals surface area contributed by atoms with Gasteiger partial charge in [0.25, 0.3) is 16.8 Å². The van der Waals surface area contributed by atoms with Gasteiger partial charge in [-0.3, -0.25) is 14.4 Å². The molecule has 180 valence electrons. The number of phenolic OH excluding ortho intramolecular Hbond substituents is 1. The van der Waals surface area contributed by atoms with E-state index < -0.39 is 10.9 Å². The molecular formula is C26H31N3O5. The number of nitrogens with zero attached hydrogens (tertiary/aromatic N) is 1. The van der Waals surface area contributed by atoms with E-state index in [-0.39, 0.29) is 46.4 Å². The third kappa shape index (κ3) is 4.44. The fourth-order valence-corrected chi connectivity index (χ4v) is 4.61. The Kier molecular flexibility index (Phi) is 6.77. The highest BCUT2D eigenvalue weighted by molar-refractivity contribution is 5.99. The Balaban J connectivity index is 1.56. The van der Waals surface area contributed by atoms with E-state index in [0.717, 1.165) is 31.2 Å². The first kappa shape index (κ1) is 23.6. The Bertz CT molecular complexity index is 1250. The summed E-state index contributed by atoms with van der Waals surface area (Å²) >= 11 is 0. The molecule has 34 heavy (non-hydrogen) atoms. The average molecular weight is 466 g/mol. The number of hydrogen-bond donors (Lipinski definition) is 3. The van der Waals surface area contributed by atoms with Gasteiger partial charge in [0.2, 0.25) is 0 Å². The Morgan fingerprint density at radius 3 is 2.53 bits per heavy atom. The lowest BCUT2D eigenvalue weighted by Crippen LogP contribution is -2.38. The summed E-state index contributed by atoms with van der Waals surface area (Å²) in [6.45, 7) is 3.85. The predicted molar refractivity (Wildman–Crippen MR) is 132 cm³/mol. The van der Waals surface area contributed by atoms with E-state index in [4.69, 9.17) is 4.42 Å². The summed E-state index contributed by atoms with van der Waals surface area (Å²) < 4.78 is 5.55. The van der Waals surface area contributed by atoms with E-state index in [9.17, 15) is 19.5 Å². The summed E-state index contributed by atoms with van der Waals surface area (Å²) in [6, 6.07) is 6.52. The Labute approximate surface area is 198 Å². The molecule has 0 aliphatic heterocycles. The number of para-hydroxylation sites is 1. The Hall–Kier alpha value is -3.55. The van der Waals surface area contributed by atoms with Crippen molar-refractivity contribution in [3.05, 3.63) is 67.9 Å². The van der Waals surface area contributed by atoms with Gasteiger partial charge in [0.1, 0.15) is 17.1 Å². The van der Waals surface area contributed by atoms with Crippen LogP contribution < -0.4 is 21.5 Å². The maximum Gasteiger partial charge on any atom is 0.257 e. The van der Waals surface area contributed by atoms with Gasteiger partial charge < -0.3 is 25.1 Å². The van der Waals surface area contributed by atoms with Crippen molar-refractivity contribution in [3.63, 3.8) is 0 Å². The number of carbonyl (C=O) groups excluding carboxylic acids is 1. The minimum absolute atomic E-state index is 0.0623. The first-order valence-corrected chi connectivity index (χ1v) is 11.8. The van der Waals surface area contributed by atoms with Crippen molar-refractivity contribution in [1.29, 1.82) is 0 Å². The van der Waals surface area contributed by atoms with Crippen molar-refractivity contribution in [2.45, 2.75) is 64.5 Å². The number of furan rings is 1. The third-order valence-electron chi connectivity index (χ3n) is 6.70. The van der Waals surface area contributed by atoms with Crippen LogP contribution in [0.5, 0.6) is 5.75 Å². The molecule has 1 saturated carbocycles. The molecule has 4 rings (SSSR count). The fourth-order valence-electron chi connectivity index (χ4n) is 4.61. The van der Waals surface area contributed by atoms with E-state index in [1.54, 1.807) is 36.4 Å². The van der Waals surface area contributed by atoms with Crippen molar-refractivity contribution in [2.75, 3.05) is 17.7 Å². The fraction of sp³-hybridized carbons (Fsp3) is 0.423. The van der Waals surface area contributed by atoms with E-state index in [1.807, 2.05) is 19.9 Å². The molecule has 0 bridgehead atoms. The van der Waals surface area contributed by atoms with Crippen LogP contribution in [0.25, 0.3) is 0 Å². The molecule has 8 nitrogen and oxygen atoms in total. The Morgan fingerprint density at radius 2 is 1.88 bits per heavy atom. The minimum Gasteiger partial charge on any atom is -0.505 e. The molecule has 0 saturated heterocycles. The normalized spacial score (nSPS) is 15.3. The molecule has 0 radical (unpaired) electrons. The van der Waals surface area contributed by atoms with Crippen molar-refractivity contribution in [2.24, 2.45) is 0 Å². The molecule has 1 amide bonds. The van der Waals surface area contributed by atoms with Crippen LogP contribution in [0.4, 0.5) is 17.1 Å². The second-order valence-electron chi connectivity index (χ2n) is 9.07. The lowest BCUT2D eigenvalue weighted by atomic mass is 9.94. The van der Waals surface area contributed by atoms with Crippen molar-refractivity contribution in [1.82, 2.24) is 4.90 Å². The van der Waals surface area contributed by atoms with Gasteiger partial charge in [-0.25, -0.2) is 0 Å². The molecule has 1 heterocycles. The van der Waals surface area contributed by atoms with Crippen LogP contribution in [-0.4, -0.2) is 29.0 Å². The lowest BCUT2D eigenvalue weighted by Gasteiger charge is -2.31. The number of nitrogens with one attached hydrogen (secondary N) is 2. The maximum atomic E-state index is 13.1. The highest BCUT2D eigenvalue weighted by Crippen LogP contribution is 2.34. The summed E-state index contributed by atoms with van der Waals surface area (Å²) in [5, 5.41) is 16.8. The monoisotopic (exact) mass is 465 g/mol. The molecule has 0 unspecified atom stereocenters. The average Bonchev–Trinajstić information content (AvgIpc) is 3.29. The van der Waals surface area contributed by atoms with Crippen LogP contribution in [0, 0.1) is 6.92 Å². The summed E-state index contributed by atoms with van der Waals surface area (Å²) in [5.41, 5.74) is 0.205. The zero-order chi connectivity index (χ0) is 24.4. The topological polar surface area (TPSA) is 112 Å². The second-order valence-corrected chi connectivity index (χ2v) is 9.07. The highest BCUT2D eigenvalue weighted by atomic mass is 16.3. The summed E-state index contributed by atoms with van der Waals surface area (Å²) in [4.78, 5) is 39.4. The largest absolute Gasteiger partial charge is 0.505 e. The molecule has 0 spiro atoms. The molecule has 2 aromatic carbocycles. The smallest absolute Gasteiger partial charge is 0.257 e. The van der Waals surface area contributed by atoms with Gasteiger partial charge in [-0.2, -0.15) is 0 Å². The number of aromatic hydroxyl groups is 1. The van der Waals surface area contributed by atoms with E-state index in [0.29, 0.717) is 12.2 Å². The van der Waals surface area contributed by atoms with Gasteiger partial charge in [0.05, 0.1) is 23.6 Å². The van der Waals surface area contributed by atoms with Gasteiger partial charge in [-0.1, -0.05) is 32.3 Å². The summed E-state index contributed by atoms with van der Waals surface area (Å²) in [6.07, 6.45) is 7.53. The zero-order valence-electron chi connectivity index (χ0n) is 19.8. The lowest BCUT2D eigenvalue weighted by molar-refractivity contribution is 0.0693. The standard InChI is InChI=1S/C26H31N3O5/c1-4-18(20-13-15(2)14-34-20)27-21-22(25(32)24(21)31)28-19-12-8-11-17(23(19)30)26(33)29(3)16-9-6-5-7-10-16/h8,11-14,16,18,27-28,30H,4-7,9-10H2,1-3H3/t18-/m1/s1. The van der Waals surface area contributed by atoms with Crippen LogP contribution in [0.3, 0.4) is 0 Å². The Morgan fingerprint density at radius 1 is 1.18 bits per heavy atom. The molecule has 1 aromatic heterocycles. The van der Waals surface area contributed by atoms with Crippen molar-refractivity contribution >= 4 is 23.0 Å². The van der Waals surface area contributed by atoms with E-state index >= 15 is 0 Å². The molecular weight excluding hydrogens is 434 g/mol. The number of anilines is 3. The van der Waals surface area contributed by atoms with Gasteiger partial charge in [-0.15, -0.1) is 0 Å². The third-order valence-corrected chi connectivity index (χ3v) is 6.70. The number of benzene rings is 1. The van der Waals surface area contributed by atoms with Gasteiger partial charge in [-0.05, 0) is 49.9 Å². The molecule has 1 atom stereocenters. The quantitative estimate of drug-likeness (QED) is 0.329. The van der Waals surface area contributed by atoms with Crippen molar-refractivity contribution in [3.8, 4) is 5.75 Å². The second kappa shape index (κ2) is 9.75. The number of hydrogen-bond acceptors (Lipinski definition) is 7. The van der Waals surface area contributed by atoms with Crippen molar-refractivity contribution < 1.29 is 14.3 Å². The molecule has 1 aliphatic rings. The van der Waals surface area contributed by atoms with Crippen LogP contribution in [-0.2, 0) is 0 Å². The first-order valence-electron chi connectivity index (χ1n) is 11.8. The number of amides is 1. The van der Waals surface area contributed by atoms with Crippen LogP contribution in [0.2, 0.25) is 0 Å². The molecule has 3 aromatic rings. The van der Waals surface area contributed by atoms with Crippen LogP contribution in [0.15, 0.2) is 44.5 Å². The molecule has 3 N–H and O–H groups in total. The minimum atomic E-state index is -0.677. The first-order chi connectivity index (χ1) is 16.3. The predicted octanol–water partition coefficient (Wildman–Crippen LogP) is 4.60. The van der Waals surface area contributed by atoms with E-state index in [2.05, 4.69) is 10.6 Å². The van der Waals surface area contributed by atoms with Gasteiger partial charge >= 0.3 is 0 Å². The molecule has 8 heteroatoms. The maximum absolute atomic E-state index is 13.1. The molecule has 1 fully saturated rings. The number of rotatable bonds is 8. The van der Waals surface area contributed by atoms with Gasteiger partial charge in [0, 0.05) is 13.1 Å². The van der Waals surface area contributed by atoms with E-state index in [1.165, 1.54) is 6.42 Å². The summed E-state index contributed by atoms with van der Waals surface area (Å²) in [5.74, 6) is 0.152. The zero-order valence-corrected chi connectivity index (χ0v) is 19.8.